The van der Waals surface area contributed by atoms with Gasteiger partial charge >= 0.3 is 12.0 Å². The number of ether oxygens (including phenoxy) is 1. The molecule has 2 heterocycles. The Bertz CT molecular complexity index is 519. The van der Waals surface area contributed by atoms with Crippen LogP contribution in [0.15, 0.2) is 30.3 Å². The fraction of sp³-hybridized carbons (Fsp3) is 0.429. The molecule has 3 atom stereocenters. The largest absolute Gasteiger partial charge is 0.457 e. The van der Waals surface area contributed by atoms with Gasteiger partial charge in [0.25, 0.3) is 0 Å². The van der Waals surface area contributed by atoms with E-state index in [1.165, 1.54) is 4.90 Å². The lowest BCUT2D eigenvalue weighted by atomic mass is 10.1. The number of β-amino-alcohol motifs (C(OH)–C–C–N with tert-alkyl or cyclic N) is 1. The average Bonchev–Trinajstić information content (AvgIpc) is 2.97. The lowest BCUT2D eigenvalue weighted by Gasteiger charge is -2.21. The van der Waals surface area contributed by atoms with Crippen molar-refractivity contribution in [1.29, 1.82) is 0 Å². The number of hydrogen-bond donors (Lipinski definition) is 2. The van der Waals surface area contributed by atoms with E-state index in [0.29, 0.717) is 6.54 Å². The highest BCUT2D eigenvalue weighted by Crippen LogP contribution is 2.30. The maximum Gasteiger partial charge on any atom is 0.318 e. The molecule has 2 fully saturated rings. The smallest absolute Gasteiger partial charge is 0.318 e. The van der Waals surface area contributed by atoms with Gasteiger partial charge in [-0.15, -0.1) is 0 Å². The number of rotatable bonds is 2. The van der Waals surface area contributed by atoms with Gasteiger partial charge in [-0.1, -0.05) is 30.3 Å². The van der Waals surface area contributed by atoms with Gasteiger partial charge in [0, 0.05) is 6.54 Å². The summed E-state index contributed by atoms with van der Waals surface area (Å²) < 4.78 is 5.03. The standard InChI is InChI=1S/C14H16N2O4/c17-11-8-16(10-6-12(18)20-13(10)11)14(19)15-7-9-4-2-1-3-5-9/h1-5,10-11,13,17H,6-8H2,(H,15,19)/t10-,11-,13+/m1/s1. The number of hydrogen-bond acceptors (Lipinski definition) is 4. The van der Waals surface area contributed by atoms with Gasteiger partial charge < -0.3 is 20.1 Å². The number of aliphatic hydroxyl groups excluding tert-OH is 1. The first-order valence-corrected chi connectivity index (χ1v) is 6.61. The molecule has 3 rings (SSSR count). The van der Waals surface area contributed by atoms with Crippen molar-refractivity contribution in [2.24, 2.45) is 0 Å². The van der Waals surface area contributed by atoms with Gasteiger partial charge in [-0.3, -0.25) is 4.79 Å². The first kappa shape index (κ1) is 12.9. The van der Waals surface area contributed by atoms with Crippen molar-refractivity contribution in [3.63, 3.8) is 0 Å². The van der Waals surface area contributed by atoms with E-state index in [9.17, 15) is 14.7 Å². The summed E-state index contributed by atoms with van der Waals surface area (Å²) in [7, 11) is 0. The van der Waals surface area contributed by atoms with E-state index in [-0.39, 0.29) is 31.0 Å². The third-order valence-corrected chi connectivity index (χ3v) is 3.73. The fourth-order valence-electron chi connectivity index (χ4n) is 2.74. The normalized spacial score (nSPS) is 28.1. The van der Waals surface area contributed by atoms with Crippen LogP contribution in [0, 0.1) is 0 Å². The molecule has 0 unspecified atom stereocenters. The molecular weight excluding hydrogens is 260 g/mol. The van der Waals surface area contributed by atoms with Crippen LogP contribution in [0.25, 0.3) is 0 Å². The number of likely N-dealkylation sites (tertiary alicyclic amines) is 1. The highest BCUT2D eigenvalue weighted by atomic mass is 16.6. The molecule has 0 spiro atoms. The Morgan fingerprint density at radius 2 is 2.15 bits per heavy atom. The highest BCUT2D eigenvalue weighted by Gasteiger charge is 2.50. The number of nitrogens with zero attached hydrogens (tertiary/aromatic N) is 1. The lowest BCUT2D eigenvalue weighted by molar-refractivity contribution is -0.144. The van der Waals surface area contributed by atoms with Crippen LogP contribution in [-0.2, 0) is 16.1 Å². The predicted molar refractivity (Wildman–Crippen MR) is 69.7 cm³/mol. The number of aliphatic hydroxyl groups is 1. The molecular formula is C14H16N2O4. The minimum atomic E-state index is -0.797. The number of nitrogens with one attached hydrogen (secondary N) is 1. The van der Waals surface area contributed by atoms with Crippen molar-refractivity contribution >= 4 is 12.0 Å². The lowest BCUT2D eigenvalue weighted by Crippen LogP contribution is -2.43. The van der Waals surface area contributed by atoms with Gasteiger partial charge in [-0.25, -0.2) is 4.79 Å². The summed E-state index contributed by atoms with van der Waals surface area (Å²) in [5.74, 6) is -0.361. The molecule has 2 amide bonds. The summed E-state index contributed by atoms with van der Waals surface area (Å²) in [6, 6.07) is 8.93. The molecule has 0 saturated carbocycles. The molecule has 0 aromatic heterocycles. The van der Waals surface area contributed by atoms with Gasteiger partial charge in [0.05, 0.1) is 19.0 Å². The highest BCUT2D eigenvalue weighted by molar-refractivity contribution is 5.79. The van der Waals surface area contributed by atoms with Crippen LogP contribution in [0.5, 0.6) is 0 Å². The van der Waals surface area contributed by atoms with Crippen LogP contribution >= 0.6 is 0 Å². The summed E-state index contributed by atoms with van der Waals surface area (Å²) in [6.07, 6.45) is -1.22. The minimum absolute atomic E-state index is 0.153. The van der Waals surface area contributed by atoms with Crippen molar-refractivity contribution in [1.82, 2.24) is 10.2 Å². The molecule has 2 N–H and O–H groups in total. The van der Waals surface area contributed by atoms with Crippen LogP contribution in [0.2, 0.25) is 0 Å². The zero-order valence-corrected chi connectivity index (χ0v) is 10.9. The SMILES string of the molecule is O=C1C[C@@H]2[C@H](O1)[C@H](O)CN2C(=O)NCc1ccccc1. The summed E-state index contributed by atoms with van der Waals surface area (Å²) in [5, 5.41) is 12.6. The monoisotopic (exact) mass is 276 g/mol. The molecule has 0 aliphatic carbocycles. The van der Waals surface area contributed by atoms with Crippen molar-refractivity contribution in [2.75, 3.05) is 6.54 Å². The Balaban J connectivity index is 1.61. The maximum atomic E-state index is 12.2. The Morgan fingerprint density at radius 1 is 1.40 bits per heavy atom. The molecule has 1 aromatic carbocycles. The molecule has 2 saturated heterocycles. The zero-order chi connectivity index (χ0) is 14.1. The maximum absolute atomic E-state index is 12.2. The first-order valence-electron chi connectivity index (χ1n) is 6.61. The summed E-state index contributed by atoms with van der Waals surface area (Å²) in [6.45, 7) is 0.613. The second kappa shape index (κ2) is 5.13. The Labute approximate surface area is 116 Å². The van der Waals surface area contributed by atoms with Crippen LogP contribution in [0.1, 0.15) is 12.0 Å². The predicted octanol–water partition coefficient (Wildman–Crippen LogP) is 0.257. The zero-order valence-electron chi connectivity index (χ0n) is 10.9. The number of carbonyl (C=O) groups excluding carboxylic acids is 2. The van der Waals surface area contributed by atoms with Crippen LogP contribution in [0.3, 0.4) is 0 Å². The van der Waals surface area contributed by atoms with Gasteiger partial charge in [0.2, 0.25) is 0 Å². The Morgan fingerprint density at radius 3 is 2.90 bits per heavy atom. The molecule has 106 valence electrons. The van der Waals surface area contributed by atoms with E-state index >= 15 is 0 Å². The number of fused-ring (bicyclic) bond motifs is 1. The van der Waals surface area contributed by atoms with Crippen molar-refractivity contribution in [3.05, 3.63) is 35.9 Å². The van der Waals surface area contributed by atoms with E-state index in [1.807, 2.05) is 30.3 Å². The average molecular weight is 276 g/mol. The van der Waals surface area contributed by atoms with Gasteiger partial charge in [0.15, 0.2) is 6.10 Å². The second-order valence-corrected chi connectivity index (χ2v) is 5.09. The fourth-order valence-corrected chi connectivity index (χ4v) is 2.74. The Hall–Kier alpha value is -2.08. The van der Waals surface area contributed by atoms with Crippen LogP contribution < -0.4 is 5.32 Å². The van der Waals surface area contributed by atoms with Crippen LogP contribution in [-0.4, -0.2) is 46.8 Å². The summed E-state index contributed by atoms with van der Waals surface area (Å²) in [5.41, 5.74) is 0.996. The number of esters is 1. The molecule has 2 aliphatic heterocycles. The molecule has 0 bridgehead atoms. The van der Waals surface area contributed by atoms with Crippen LogP contribution in [0.4, 0.5) is 4.79 Å². The van der Waals surface area contributed by atoms with E-state index < -0.39 is 12.2 Å². The summed E-state index contributed by atoms with van der Waals surface area (Å²) >= 11 is 0. The number of amides is 2. The van der Waals surface area contributed by atoms with Crippen molar-refractivity contribution < 1.29 is 19.4 Å². The Kier molecular flexibility index (Phi) is 3.31. The van der Waals surface area contributed by atoms with Gasteiger partial charge in [-0.05, 0) is 5.56 Å². The summed E-state index contributed by atoms with van der Waals surface area (Å²) in [4.78, 5) is 24.9. The number of carbonyl (C=O) groups is 2. The molecule has 0 radical (unpaired) electrons. The van der Waals surface area contributed by atoms with E-state index in [4.69, 9.17) is 4.74 Å². The quantitative estimate of drug-likeness (QED) is 0.759. The second-order valence-electron chi connectivity index (χ2n) is 5.09. The van der Waals surface area contributed by atoms with Crippen molar-refractivity contribution in [3.8, 4) is 0 Å². The molecule has 20 heavy (non-hydrogen) atoms. The van der Waals surface area contributed by atoms with E-state index in [1.54, 1.807) is 0 Å². The molecule has 6 heteroatoms. The minimum Gasteiger partial charge on any atom is -0.457 e. The molecule has 2 aliphatic rings. The molecule has 6 nitrogen and oxygen atoms in total. The van der Waals surface area contributed by atoms with E-state index in [0.717, 1.165) is 5.56 Å². The molecule has 1 aromatic rings. The first-order chi connectivity index (χ1) is 9.65. The number of urea groups is 1. The number of benzene rings is 1. The third kappa shape index (κ3) is 2.34. The van der Waals surface area contributed by atoms with Crippen molar-refractivity contribution in [2.45, 2.75) is 31.2 Å². The van der Waals surface area contributed by atoms with E-state index in [2.05, 4.69) is 5.32 Å². The topological polar surface area (TPSA) is 78.9 Å². The van der Waals surface area contributed by atoms with Gasteiger partial charge in [-0.2, -0.15) is 0 Å². The third-order valence-electron chi connectivity index (χ3n) is 3.73. The van der Waals surface area contributed by atoms with Gasteiger partial charge in [0.1, 0.15) is 6.10 Å².